The quantitative estimate of drug-likeness (QED) is 0.172. The summed E-state index contributed by atoms with van der Waals surface area (Å²) in [6.45, 7) is 7.33. The van der Waals surface area contributed by atoms with Gasteiger partial charge in [-0.15, -0.1) is 0 Å². The first-order chi connectivity index (χ1) is 17.2. The molecule has 1 aromatic carbocycles. The van der Waals surface area contributed by atoms with Gasteiger partial charge in [-0.3, -0.25) is 19.7 Å². The van der Waals surface area contributed by atoms with Crippen molar-refractivity contribution in [3.63, 3.8) is 0 Å². The number of dihydropyridines is 1. The Balaban J connectivity index is 2.50. The molecule has 196 valence electrons. The van der Waals surface area contributed by atoms with Crippen LogP contribution in [0.1, 0.15) is 45.6 Å². The highest BCUT2D eigenvalue weighted by atomic mass is 32.2. The number of nitrogens with one attached hydrogen (secondary N) is 2. The van der Waals surface area contributed by atoms with Crippen molar-refractivity contribution in [2.45, 2.75) is 40.0 Å². The van der Waals surface area contributed by atoms with Crippen LogP contribution in [0.15, 0.2) is 46.8 Å². The Morgan fingerprint density at radius 2 is 1.75 bits per heavy atom. The molecule has 1 unspecified atom stereocenters. The zero-order valence-corrected chi connectivity index (χ0v) is 21.6. The van der Waals surface area contributed by atoms with Crippen molar-refractivity contribution in [3.8, 4) is 0 Å². The van der Waals surface area contributed by atoms with Crippen molar-refractivity contribution in [1.29, 1.82) is 0 Å². The van der Waals surface area contributed by atoms with E-state index in [1.54, 1.807) is 33.8 Å². The maximum atomic E-state index is 13.2. The minimum Gasteiger partial charge on any atom is -0.463 e. The lowest BCUT2D eigenvalue weighted by molar-refractivity contribution is -0.384. The summed E-state index contributed by atoms with van der Waals surface area (Å²) in [6.07, 6.45) is 0.198. The van der Waals surface area contributed by atoms with E-state index in [9.17, 15) is 24.5 Å². The van der Waals surface area contributed by atoms with Crippen LogP contribution in [-0.4, -0.2) is 54.1 Å². The molecule has 1 aromatic rings. The molecule has 36 heavy (non-hydrogen) atoms. The highest BCUT2D eigenvalue weighted by Gasteiger charge is 2.39. The third-order valence-electron chi connectivity index (χ3n) is 5.10. The standard InChI is InChI=1S/C24H31N3O8S/c1-5-33-23(29)20-15(4)25-18(14-36-12-11-19(28)26-35-7-3)22(24(30)34-6-2)21(20)16-9-8-10-17(13-16)27(31)32/h8-10,13,21,25H,5-7,11-12,14H2,1-4H3,(H,26,28). The number of carbonyl (C=O) groups is 3. The molecule has 1 amide bonds. The first-order valence-corrected chi connectivity index (χ1v) is 12.7. The number of amides is 1. The van der Waals surface area contributed by atoms with Gasteiger partial charge in [-0.25, -0.2) is 15.1 Å². The van der Waals surface area contributed by atoms with E-state index < -0.39 is 22.8 Å². The lowest BCUT2D eigenvalue weighted by Gasteiger charge is -2.31. The predicted molar refractivity (Wildman–Crippen MR) is 134 cm³/mol. The number of carbonyl (C=O) groups excluding carboxylic acids is 3. The number of hydroxylamine groups is 1. The van der Waals surface area contributed by atoms with Gasteiger partial charge in [-0.05, 0) is 33.3 Å². The normalized spacial score (nSPS) is 15.3. The summed E-state index contributed by atoms with van der Waals surface area (Å²) in [4.78, 5) is 53.7. The topological polar surface area (TPSA) is 146 Å². The Bertz CT molecular complexity index is 1050. The molecule has 0 saturated carbocycles. The Morgan fingerprint density at radius 3 is 2.36 bits per heavy atom. The Morgan fingerprint density at radius 1 is 1.08 bits per heavy atom. The molecular weight excluding hydrogens is 490 g/mol. The molecule has 2 rings (SSSR count). The van der Waals surface area contributed by atoms with Crippen LogP contribution in [-0.2, 0) is 28.7 Å². The summed E-state index contributed by atoms with van der Waals surface area (Å²) in [5.41, 5.74) is 3.82. The summed E-state index contributed by atoms with van der Waals surface area (Å²) in [6, 6.07) is 5.80. The first-order valence-electron chi connectivity index (χ1n) is 11.5. The average Bonchev–Trinajstić information content (AvgIpc) is 2.85. The van der Waals surface area contributed by atoms with Crippen molar-refractivity contribution in [3.05, 3.63) is 62.5 Å². The monoisotopic (exact) mass is 521 g/mol. The van der Waals surface area contributed by atoms with Crippen molar-refractivity contribution < 1.29 is 33.6 Å². The molecule has 0 spiro atoms. The summed E-state index contributed by atoms with van der Waals surface area (Å²) < 4.78 is 10.6. The van der Waals surface area contributed by atoms with Gasteiger partial charge in [0.1, 0.15) is 0 Å². The molecule has 0 aliphatic carbocycles. The van der Waals surface area contributed by atoms with Crippen LogP contribution in [0.3, 0.4) is 0 Å². The van der Waals surface area contributed by atoms with E-state index in [0.29, 0.717) is 35.1 Å². The molecule has 1 aliphatic heterocycles. The largest absolute Gasteiger partial charge is 0.463 e. The fourth-order valence-corrected chi connectivity index (χ4v) is 4.54. The predicted octanol–water partition coefficient (Wildman–Crippen LogP) is 3.13. The number of hydrogen-bond donors (Lipinski definition) is 2. The van der Waals surface area contributed by atoms with E-state index in [2.05, 4.69) is 10.8 Å². The summed E-state index contributed by atoms with van der Waals surface area (Å²) in [5.74, 6) is -1.76. The highest BCUT2D eigenvalue weighted by molar-refractivity contribution is 7.99. The van der Waals surface area contributed by atoms with Gasteiger partial charge < -0.3 is 14.8 Å². The van der Waals surface area contributed by atoms with Gasteiger partial charge in [0, 0.05) is 41.5 Å². The zero-order valence-electron chi connectivity index (χ0n) is 20.8. The number of nitro benzene ring substituents is 1. The van der Waals surface area contributed by atoms with Crippen LogP contribution in [0.4, 0.5) is 5.69 Å². The number of nitro groups is 1. The average molecular weight is 522 g/mol. The molecule has 1 aliphatic rings. The molecule has 2 N–H and O–H groups in total. The molecule has 0 saturated heterocycles. The van der Waals surface area contributed by atoms with E-state index in [1.807, 2.05) is 0 Å². The maximum Gasteiger partial charge on any atom is 0.336 e. The second-order valence-electron chi connectivity index (χ2n) is 7.54. The van der Waals surface area contributed by atoms with Crippen LogP contribution in [0, 0.1) is 10.1 Å². The zero-order chi connectivity index (χ0) is 26.7. The lowest BCUT2D eigenvalue weighted by Crippen LogP contribution is -2.34. The van der Waals surface area contributed by atoms with E-state index >= 15 is 0 Å². The molecular formula is C24H31N3O8S. The maximum absolute atomic E-state index is 13.2. The fourth-order valence-electron chi connectivity index (χ4n) is 3.63. The van der Waals surface area contributed by atoms with Crippen molar-refractivity contribution in [2.75, 3.05) is 31.3 Å². The molecule has 1 atom stereocenters. The molecule has 0 aromatic heterocycles. The number of benzene rings is 1. The second kappa shape index (κ2) is 14.2. The molecule has 11 nitrogen and oxygen atoms in total. The van der Waals surface area contributed by atoms with E-state index in [4.69, 9.17) is 14.3 Å². The van der Waals surface area contributed by atoms with Crippen LogP contribution < -0.4 is 10.8 Å². The number of rotatable bonds is 13. The Hall–Kier alpha value is -3.38. The third-order valence-corrected chi connectivity index (χ3v) is 6.09. The van der Waals surface area contributed by atoms with Gasteiger partial charge in [-0.1, -0.05) is 12.1 Å². The van der Waals surface area contributed by atoms with Gasteiger partial charge in [0.25, 0.3) is 5.69 Å². The van der Waals surface area contributed by atoms with Gasteiger partial charge in [0.15, 0.2) is 0 Å². The van der Waals surface area contributed by atoms with Gasteiger partial charge in [-0.2, -0.15) is 11.8 Å². The van der Waals surface area contributed by atoms with E-state index in [0.717, 1.165) is 0 Å². The smallest absolute Gasteiger partial charge is 0.336 e. The number of esters is 2. The summed E-state index contributed by atoms with van der Waals surface area (Å²) in [5, 5.41) is 14.6. The molecule has 1 heterocycles. The number of nitrogens with zero attached hydrogens (tertiary/aromatic N) is 1. The van der Waals surface area contributed by atoms with Crippen LogP contribution in [0.25, 0.3) is 0 Å². The Labute approximate surface area is 213 Å². The Kier molecular flexibility index (Phi) is 11.4. The minimum absolute atomic E-state index is 0.0967. The SMILES string of the molecule is CCONC(=O)CCSCC1=C(C(=O)OCC)C(c2cccc([N+](=O)[O-])c2)C(C(=O)OCC)=C(C)N1. The second-order valence-corrected chi connectivity index (χ2v) is 8.65. The van der Waals surface area contributed by atoms with E-state index in [-0.39, 0.29) is 42.4 Å². The van der Waals surface area contributed by atoms with Gasteiger partial charge in [0.2, 0.25) is 5.91 Å². The lowest BCUT2D eigenvalue weighted by atomic mass is 9.80. The van der Waals surface area contributed by atoms with Crippen LogP contribution >= 0.6 is 11.8 Å². The van der Waals surface area contributed by atoms with Crippen molar-refractivity contribution in [2.24, 2.45) is 0 Å². The minimum atomic E-state index is -0.943. The molecule has 12 heteroatoms. The third kappa shape index (κ3) is 7.56. The number of hydrogen-bond acceptors (Lipinski definition) is 10. The van der Waals surface area contributed by atoms with Crippen LogP contribution in [0.5, 0.6) is 0 Å². The fraction of sp³-hybridized carbons (Fsp3) is 0.458. The number of ether oxygens (including phenoxy) is 2. The molecule has 0 fully saturated rings. The van der Waals surface area contributed by atoms with Crippen molar-refractivity contribution >= 4 is 35.3 Å². The summed E-state index contributed by atoms with van der Waals surface area (Å²) in [7, 11) is 0. The number of thioether (sulfide) groups is 1. The van der Waals surface area contributed by atoms with Gasteiger partial charge >= 0.3 is 11.9 Å². The number of non-ortho nitro benzene ring substituents is 1. The first kappa shape index (κ1) is 28.9. The van der Waals surface area contributed by atoms with Gasteiger partial charge in [0.05, 0.1) is 41.8 Å². The van der Waals surface area contributed by atoms with E-state index in [1.165, 1.54) is 30.0 Å². The highest BCUT2D eigenvalue weighted by Crippen LogP contribution is 2.40. The van der Waals surface area contributed by atoms with Crippen LogP contribution in [0.2, 0.25) is 0 Å². The number of allylic oxidation sites excluding steroid dienone is 1. The summed E-state index contributed by atoms with van der Waals surface area (Å²) >= 11 is 1.40. The molecule has 0 radical (unpaired) electrons. The van der Waals surface area contributed by atoms with Crippen molar-refractivity contribution in [1.82, 2.24) is 10.8 Å². The molecule has 0 bridgehead atoms.